The van der Waals surface area contributed by atoms with Crippen LogP contribution in [0.1, 0.15) is 25.5 Å². The third kappa shape index (κ3) is 3.24. The van der Waals surface area contributed by atoms with Crippen LogP contribution in [0.4, 0.5) is 0 Å². The van der Waals surface area contributed by atoms with E-state index in [2.05, 4.69) is 38.1 Å². The maximum atomic E-state index is 11.6. The van der Waals surface area contributed by atoms with E-state index in [1.165, 1.54) is 0 Å². The number of aromatic nitrogens is 3. The molecule has 3 rings (SSSR count). The fourth-order valence-corrected chi connectivity index (χ4v) is 2.92. The van der Waals surface area contributed by atoms with Gasteiger partial charge in [0.1, 0.15) is 4.60 Å². The molecule has 1 fully saturated rings. The largest absolute Gasteiger partial charge is 0.341 e. The first-order chi connectivity index (χ1) is 10.1. The number of nitrogens with zero attached hydrogens (tertiary/aromatic N) is 4. The van der Waals surface area contributed by atoms with Crippen LogP contribution in [0.25, 0.3) is 5.65 Å². The Bertz CT molecular complexity index is 656. The molecule has 1 aliphatic rings. The first-order valence-corrected chi connectivity index (χ1v) is 7.91. The van der Waals surface area contributed by atoms with Crippen LogP contribution in [0.2, 0.25) is 0 Å². The summed E-state index contributed by atoms with van der Waals surface area (Å²) in [5, 5.41) is 3.45. The fraction of sp³-hybridized carbons (Fsp3) is 0.500. The average molecular weight is 352 g/mol. The Hall–Kier alpha value is -1.47. The summed E-state index contributed by atoms with van der Waals surface area (Å²) in [6.45, 7) is 4.47. The topological polar surface area (TPSA) is 62.5 Å². The summed E-state index contributed by atoms with van der Waals surface area (Å²) < 4.78 is 2.79. The van der Waals surface area contributed by atoms with E-state index in [1.54, 1.807) is 6.20 Å². The summed E-state index contributed by atoms with van der Waals surface area (Å²) in [5.41, 5.74) is 1.91. The van der Waals surface area contributed by atoms with Gasteiger partial charge in [-0.1, -0.05) is 0 Å². The molecule has 21 heavy (non-hydrogen) atoms. The highest BCUT2D eigenvalue weighted by Crippen LogP contribution is 2.12. The van der Waals surface area contributed by atoms with Gasteiger partial charge < -0.3 is 10.2 Å². The molecule has 0 bridgehead atoms. The maximum absolute atomic E-state index is 11.6. The molecule has 112 valence electrons. The minimum atomic E-state index is 0.253. The van der Waals surface area contributed by atoms with E-state index in [9.17, 15) is 4.79 Å². The van der Waals surface area contributed by atoms with E-state index in [0.717, 1.165) is 35.5 Å². The number of hydrogen-bond donors (Lipinski definition) is 1. The Labute approximate surface area is 131 Å². The van der Waals surface area contributed by atoms with Crippen LogP contribution in [0.3, 0.4) is 0 Å². The number of halogens is 1. The summed E-state index contributed by atoms with van der Waals surface area (Å²) in [7, 11) is 0. The molecular formula is C14H18BrN5O. The minimum absolute atomic E-state index is 0.253. The van der Waals surface area contributed by atoms with Gasteiger partial charge in [-0.15, -0.1) is 0 Å². The quantitative estimate of drug-likeness (QED) is 0.888. The summed E-state index contributed by atoms with van der Waals surface area (Å²) in [6, 6.07) is 0.253. The highest BCUT2D eigenvalue weighted by Gasteiger charge is 2.21. The summed E-state index contributed by atoms with van der Waals surface area (Å²) >= 11 is 3.37. The monoisotopic (exact) mass is 351 g/mol. The van der Waals surface area contributed by atoms with Gasteiger partial charge in [0, 0.05) is 38.3 Å². The predicted octanol–water partition coefficient (Wildman–Crippen LogP) is 1.59. The Morgan fingerprint density at radius 2 is 2.29 bits per heavy atom. The molecule has 1 aliphatic heterocycles. The Morgan fingerprint density at radius 1 is 1.43 bits per heavy atom. The molecule has 0 saturated carbocycles. The normalized spacial score (nSPS) is 16.9. The van der Waals surface area contributed by atoms with Crippen LogP contribution < -0.4 is 5.32 Å². The lowest BCUT2D eigenvalue weighted by Crippen LogP contribution is -2.39. The number of carbonyl (C=O) groups is 1. The van der Waals surface area contributed by atoms with Crippen molar-refractivity contribution < 1.29 is 4.79 Å². The van der Waals surface area contributed by atoms with Gasteiger partial charge in [0.25, 0.3) is 0 Å². The van der Waals surface area contributed by atoms with Crippen LogP contribution >= 0.6 is 15.9 Å². The van der Waals surface area contributed by atoms with Crippen LogP contribution in [0, 0.1) is 0 Å². The molecule has 7 heteroatoms. The minimum Gasteiger partial charge on any atom is -0.341 e. The van der Waals surface area contributed by atoms with Gasteiger partial charge in [-0.2, -0.15) is 0 Å². The van der Waals surface area contributed by atoms with Crippen molar-refractivity contribution in [2.45, 2.75) is 32.4 Å². The van der Waals surface area contributed by atoms with Crippen molar-refractivity contribution >= 4 is 27.5 Å². The van der Waals surface area contributed by atoms with Crippen molar-refractivity contribution in [3.05, 3.63) is 28.9 Å². The molecule has 6 nitrogen and oxygen atoms in total. The maximum Gasteiger partial charge on any atom is 0.222 e. The van der Waals surface area contributed by atoms with Crippen molar-refractivity contribution in [2.24, 2.45) is 0 Å². The molecule has 0 radical (unpaired) electrons. The van der Waals surface area contributed by atoms with Crippen molar-refractivity contribution in [2.75, 3.05) is 13.1 Å². The van der Waals surface area contributed by atoms with Crippen molar-refractivity contribution in [1.82, 2.24) is 24.6 Å². The Balaban J connectivity index is 1.60. The lowest BCUT2D eigenvalue weighted by molar-refractivity contribution is -0.127. The first kappa shape index (κ1) is 14.5. The molecule has 1 atom stereocenters. The molecule has 0 spiro atoms. The van der Waals surface area contributed by atoms with E-state index in [1.807, 2.05) is 21.7 Å². The van der Waals surface area contributed by atoms with E-state index in [-0.39, 0.29) is 11.9 Å². The standard InChI is InChI=1S/C14H18BrN5O/c1-10(8-19-4-2-3-14(19)21)16-5-11-6-18-13-7-17-12(15)9-20(11)13/h6-7,9-10,16H,2-5,8H2,1H3. The van der Waals surface area contributed by atoms with Crippen LogP contribution in [-0.2, 0) is 11.3 Å². The van der Waals surface area contributed by atoms with Crippen LogP contribution in [0.5, 0.6) is 0 Å². The zero-order valence-corrected chi connectivity index (χ0v) is 13.5. The van der Waals surface area contributed by atoms with Gasteiger partial charge in [0.2, 0.25) is 5.91 Å². The smallest absolute Gasteiger partial charge is 0.222 e. The number of imidazole rings is 1. The van der Waals surface area contributed by atoms with Gasteiger partial charge in [-0.25, -0.2) is 9.97 Å². The van der Waals surface area contributed by atoms with Crippen molar-refractivity contribution in [3.8, 4) is 0 Å². The molecular weight excluding hydrogens is 334 g/mol. The number of fused-ring (bicyclic) bond motifs is 1. The lowest BCUT2D eigenvalue weighted by Gasteiger charge is -2.21. The zero-order valence-electron chi connectivity index (χ0n) is 11.9. The molecule has 2 aromatic heterocycles. The van der Waals surface area contributed by atoms with E-state index < -0.39 is 0 Å². The second kappa shape index (κ2) is 6.11. The van der Waals surface area contributed by atoms with Crippen LogP contribution in [0.15, 0.2) is 23.2 Å². The van der Waals surface area contributed by atoms with Crippen LogP contribution in [-0.4, -0.2) is 44.3 Å². The number of carbonyl (C=O) groups excluding carboxylic acids is 1. The number of hydrogen-bond acceptors (Lipinski definition) is 4. The van der Waals surface area contributed by atoms with Gasteiger partial charge in [-0.3, -0.25) is 9.20 Å². The molecule has 1 saturated heterocycles. The summed E-state index contributed by atoms with van der Waals surface area (Å²) in [4.78, 5) is 22.1. The molecule has 1 amide bonds. The van der Waals surface area contributed by atoms with Crippen molar-refractivity contribution in [1.29, 1.82) is 0 Å². The number of rotatable bonds is 5. The molecule has 2 aromatic rings. The molecule has 0 aromatic carbocycles. The fourth-order valence-electron chi connectivity index (χ4n) is 2.62. The number of nitrogens with one attached hydrogen (secondary N) is 1. The third-order valence-corrected chi connectivity index (χ3v) is 4.15. The third-order valence-electron chi connectivity index (χ3n) is 3.74. The zero-order chi connectivity index (χ0) is 14.8. The number of amides is 1. The highest BCUT2D eigenvalue weighted by molar-refractivity contribution is 9.10. The van der Waals surface area contributed by atoms with Gasteiger partial charge >= 0.3 is 0 Å². The van der Waals surface area contributed by atoms with E-state index in [4.69, 9.17) is 0 Å². The molecule has 1 unspecified atom stereocenters. The summed E-state index contributed by atoms with van der Waals surface area (Å²) in [5.74, 6) is 0.272. The van der Waals surface area contributed by atoms with E-state index >= 15 is 0 Å². The Kier molecular flexibility index (Phi) is 4.21. The van der Waals surface area contributed by atoms with Gasteiger partial charge in [0.15, 0.2) is 5.65 Å². The van der Waals surface area contributed by atoms with E-state index in [0.29, 0.717) is 13.0 Å². The van der Waals surface area contributed by atoms with Crippen molar-refractivity contribution in [3.63, 3.8) is 0 Å². The SMILES string of the molecule is CC(CN1CCCC1=O)NCc1cnc2cnc(Br)cn12. The molecule has 1 N–H and O–H groups in total. The Morgan fingerprint density at radius 3 is 3.05 bits per heavy atom. The lowest BCUT2D eigenvalue weighted by atomic mass is 10.3. The van der Waals surface area contributed by atoms with Gasteiger partial charge in [0.05, 0.1) is 18.1 Å². The van der Waals surface area contributed by atoms with Gasteiger partial charge in [-0.05, 0) is 29.3 Å². The average Bonchev–Trinajstić information content (AvgIpc) is 3.03. The highest BCUT2D eigenvalue weighted by atomic mass is 79.9. The predicted molar refractivity (Wildman–Crippen MR) is 82.8 cm³/mol. The number of likely N-dealkylation sites (tertiary alicyclic amines) is 1. The molecule has 3 heterocycles. The second-order valence-electron chi connectivity index (χ2n) is 5.41. The second-order valence-corrected chi connectivity index (χ2v) is 6.23. The first-order valence-electron chi connectivity index (χ1n) is 7.12. The molecule has 0 aliphatic carbocycles. The summed E-state index contributed by atoms with van der Waals surface area (Å²) in [6.07, 6.45) is 7.18.